The number of halogens is 1. The summed E-state index contributed by atoms with van der Waals surface area (Å²) in [6, 6.07) is 9.99. The maximum atomic E-state index is 11.0. The fourth-order valence-corrected chi connectivity index (χ4v) is 2.21. The zero-order chi connectivity index (χ0) is 14.5. The van der Waals surface area contributed by atoms with Gasteiger partial charge in [0.2, 0.25) is 11.2 Å². The number of hydrogen-bond donors (Lipinski definition) is 1. The quantitative estimate of drug-likeness (QED) is 0.881. The molecule has 0 aliphatic heterocycles. The Hall–Kier alpha value is -1.94. The molecule has 0 bridgehead atoms. The van der Waals surface area contributed by atoms with Crippen molar-refractivity contribution in [3.63, 3.8) is 0 Å². The first-order valence-corrected chi connectivity index (χ1v) is 6.77. The second-order valence-corrected chi connectivity index (χ2v) is 5.05. The summed E-state index contributed by atoms with van der Waals surface area (Å²) in [5, 5.41) is 3.11. The maximum Gasteiger partial charge on any atom is 0.222 e. The van der Waals surface area contributed by atoms with E-state index in [1.165, 1.54) is 6.92 Å². The monoisotopic (exact) mass is 289 g/mol. The molecule has 0 saturated heterocycles. The van der Waals surface area contributed by atoms with Gasteiger partial charge >= 0.3 is 0 Å². The van der Waals surface area contributed by atoms with Crippen molar-refractivity contribution in [3.05, 3.63) is 47.4 Å². The van der Waals surface area contributed by atoms with Crippen molar-refractivity contribution < 1.29 is 4.79 Å². The number of carbonyl (C=O) groups excluding carboxylic acids is 1. The summed E-state index contributed by atoms with van der Waals surface area (Å²) in [4.78, 5) is 19.0. The van der Waals surface area contributed by atoms with E-state index in [0.29, 0.717) is 0 Å². The zero-order valence-electron chi connectivity index (χ0n) is 11.4. The van der Waals surface area contributed by atoms with Crippen LogP contribution in [-0.2, 0) is 11.2 Å². The van der Waals surface area contributed by atoms with Crippen molar-refractivity contribution in [1.29, 1.82) is 0 Å². The van der Waals surface area contributed by atoms with E-state index in [2.05, 4.69) is 15.3 Å². The second-order valence-electron chi connectivity index (χ2n) is 4.71. The molecule has 1 aromatic heterocycles. The van der Waals surface area contributed by atoms with Crippen LogP contribution in [0, 0.1) is 0 Å². The molecular formula is C15H16ClN3O. The van der Waals surface area contributed by atoms with Crippen molar-refractivity contribution in [3.8, 4) is 11.3 Å². The lowest BCUT2D eigenvalue weighted by Gasteiger charge is -2.12. The molecule has 4 nitrogen and oxygen atoms in total. The van der Waals surface area contributed by atoms with E-state index >= 15 is 0 Å². The van der Waals surface area contributed by atoms with Crippen LogP contribution in [0.1, 0.15) is 19.4 Å². The topological polar surface area (TPSA) is 54.9 Å². The summed E-state index contributed by atoms with van der Waals surface area (Å²) in [6.45, 7) is 3.51. The molecule has 5 heteroatoms. The summed E-state index contributed by atoms with van der Waals surface area (Å²) in [7, 11) is 0. The first kappa shape index (κ1) is 14.5. The number of rotatable bonds is 4. The fourth-order valence-electron chi connectivity index (χ4n) is 2.06. The largest absolute Gasteiger partial charge is 0.354 e. The summed E-state index contributed by atoms with van der Waals surface area (Å²) in [5.74, 6) is -0.00949. The van der Waals surface area contributed by atoms with Crippen LogP contribution in [0.25, 0.3) is 11.3 Å². The van der Waals surface area contributed by atoms with Crippen LogP contribution in [0.4, 0.5) is 0 Å². The molecule has 1 heterocycles. The number of amides is 1. The predicted molar refractivity (Wildman–Crippen MR) is 79.5 cm³/mol. The highest BCUT2D eigenvalue weighted by Gasteiger charge is 2.06. The van der Waals surface area contributed by atoms with E-state index in [0.717, 1.165) is 23.2 Å². The first-order valence-electron chi connectivity index (χ1n) is 6.39. The predicted octanol–water partition coefficient (Wildman–Crippen LogP) is 2.86. The van der Waals surface area contributed by atoms with Gasteiger partial charge in [-0.15, -0.1) is 0 Å². The average molecular weight is 290 g/mol. The molecule has 0 radical (unpaired) electrons. The second kappa shape index (κ2) is 6.48. The molecule has 1 aromatic carbocycles. The van der Waals surface area contributed by atoms with Crippen LogP contribution in [0.3, 0.4) is 0 Å². The third-order valence-corrected chi connectivity index (χ3v) is 3.05. The Balaban J connectivity index is 2.08. The number of benzene rings is 1. The Morgan fingerprint density at radius 3 is 2.60 bits per heavy atom. The highest BCUT2D eigenvalue weighted by atomic mass is 35.5. The molecule has 1 N–H and O–H groups in total. The van der Waals surface area contributed by atoms with Gasteiger partial charge in [0.1, 0.15) is 0 Å². The van der Waals surface area contributed by atoms with Crippen LogP contribution < -0.4 is 5.32 Å². The Kier molecular flexibility index (Phi) is 4.69. The summed E-state index contributed by atoms with van der Waals surface area (Å²) in [5.41, 5.74) is 2.95. The van der Waals surface area contributed by atoms with Crippen LogP contribution in [0.15, 0.2) is 36.5 Å². The van der Waals surface area contributed by atoms with Gasteiger partial charge in [0, 0.05) is 24.7 Å². The normalized spacial score (nSPS) is 11.9. The Morgan fingerprint density at radius 2 is 2.00 bits per heavy atom. The third-order valence-electron chi connectivity index (χ3n) is 2.87. The van der Waals surface area contributed by atoms with Gasteiger partial charge in [0.05, 0.1) is 5.69 Å². The fraction of sp³-hybridized carbons (Fsp3) is 0.267. The standard InChI is InChI=1S/C15H16ClN3O/c1-10(18-11(2)20)9-12-3-5-13(6-4-12)14-7-8-17-15(16)19-14/h3-8,10H,9H2,1-2H3,(H,18,20). The number of carbonyl (C=O) groups is 1. The van der Waals surface area contributed by atoms with Gasteiger partial charge in [-0.1, -0.05) is 24.3 Å². The van der Waals surface area contributed by atoms with Crippen molar-refractivity contribution in [1.82, 2.24) is 15.3 Å². The SMILES string of the molecule is CC(=O)NC(C)Cc1ccc(-c2ccnc(Cl)n2)cc1. The molecule has 1 atom stereocenters. The minimum atomic E-state index is -0.00949. The molecule has 0 fully saturated rings. The maximum absolute atomic E-state index is 11.0. The Bertz CT molecular complexity index is 598. The lowest BCUT2D eigenvalue weighted by atomic mass is 10.0. The third kappa shape index (κ3) is 4.03. The van der Waals surface area contributed by atoms with Crippen molar-refractivity contribution in [2.75, 3.05) is 0 Å². The molecule has 1 amide bonds. The molecule has 2 rings (SSSR count). The Labute approximate surface area is 123 Å². The van der Waals surface area contributed by atoms with E-state index in [9.17, 15) is 4.79 Å². The van der Waals surface area contributed by atoms with E-state index < -0.39 is 0 Å². The van der Waals surface area contributed by atoms with Crippen molar-refractivity contribution in [2.24, 2.45) is 0 Å². The molecule has 20 heavy (non-hydrogen) atoms. The van der Waals surface area contributed by atoms with E-state index in [1.807, 2.05) is 37.3 Å². The number of nitrogens with zero attached hydrogens (tertiary/aromatic N) is 2. The zero-order valence-corrected chi connectivity index (χ0v) is 12.2. The van der Waals surface area contributed by atoms with Crippen LogP contribution in [0.2, 0.25) is 5.28 Å². The van der Waals surface area contributed by atoms with E-state index in [4.69, 9.17) is 11.6 Å². The summed E-state index contributed by atoms with van der Waals surface area (Å²) < 4.78 is 0. The van der Waals surface area contributed by atoms with Gasteiger partial charge in [-0.2, -0.15) is 0 Å². The van der Waals surface area contributed by atoms with Gasteiger partial charge < -0.3 is 5.32 Å². The lowest BCUT2D eigenvalue weighted by molar-refractivity contribution is -0.119. The molecule has 104 valence electrons. The number of nitrogens with one attached hydrogen (secondary N) is 1. The number of hydrogen-bond acceptors (Lipinski definition) is 3. The smallest absolute Gasteiger partial charge is 0.222 e. The lowest BCUT2D eigenvalue weighted by Crippen LogP contribution is -2.31. The minimum Gasteiger partial charge on any atom is -0.354 e. The molecule has 0 saturated carbocycles. The molecular weight excluding hydrogens is 274 g/mol. The average Bonchev–Trinajstić information content (AvgIpc) is 2.38. The molecule has 1 unspecified atom stereocenters. The van der Waals surface area contributed by atoms with Gasteiger partial charge in [-0.05, 0) is 36.6 Å². The highest BCUT2D eigenvalue weighted by molar-refractivity contribution is 6.28. The Morgan fingerprint density at radius 1 is 1.30 bits per heavy atom. The van der Waals surface area contributed by atoms with Crippen molar-refractivity contribution >= 4 is 17.5 Å². The molecule has 0 aliphatic carbocycles. The van der Waals surface area contributed by atoms with Gasteiger partial charge in [0.25, 0.3) is 0 Å². The van der Waals surface area contributed by atoms with Gasteiger partial charge in [-0.3, -0.25) is 4.79 Å². The summed E-state index contributed by atoms with van der Waals surface area (Å²) >= 11 is 5.78. The van der Waals surface area contributed by atoms with Crippen LogP contribution in [-0.4, -0.2) is 21.9 Å². The minimum absolute atomic E-state index is 0.00949. The van der Waals surface area contributed by atoms with Gasteiger partial charge in [0.15, 0.2) is 0 Å². The molecule has 2 aromatic rings. The molecule has 0 aliphatic rings. The molecule has 0 spiro atoms. The highest BCUT2D eigenvalue weighted by Crippen LogP contribution is 2.18. The van der Waals surface area contributed by atoms with E-state index in [1.54, 1.807) is 6.20 Å². The van der Waals surface area contributed by atoms with Gasteiger partial charge in [-0.25, -0.2) is 9.97 Å². The van der Waals surface area contributed by atoms with E-state index in [-0.39, 0.29) is 17.2 Å². The summed E-state index contributed by atoms with van der Waals surface area (Å²) in [6.07, 6.45) is 2.43. The van der Waals surface area contributed by atoms with Crippen LogP contribution in [0.5, 0.6) is 0 Å². The van der Waals surface area contributed by atoms with Crippen LogP contribution >= 0.6 is 11.6 Å². The first-order chi connectivity index (χ1) is 9.54. The number of aromatic nitrogens is 2. The van der Waals surface area contributed by atoms with Crippen molar-refractivity contribution in [2.45, 2.75) is 26.3 Å².